The lowest BCUT2D eigenvalue weighted by atomic mass is 10.4. The number of H-pyrrole nitrogens is 1. The average Bonchev–Trinajstić information content (AvgIpc) is 3.06. The van der Waals surface area contributed by atoms with E-state index in [1.807, 2.05) is 6.07 Å². The molecule has 17 heavy (non-hydrogen) atoms. The summed E-state index contributed by atoms with van der Waals surface area (Å²) in [5.41, 5.74) is -0.217. The molecule has 0 saturated heterocycles. The summed E-state index contributed by atoms with van der Waals surface area (Å²) in [6.45, 7) is 0. The zero-order valence-electron chi connectivity index (χ0n) is 8.79. The van der Waals surface area contributed by atoms with Crippen LogP contribution in [-0.4, -0.2) is 24.7 Å². The maximum absolute atomic E-state index is 11.5. The molecule has 3 rings (SSSR count). The minimum Gasteiger partial charge on any atom is -0.310 e. The van der Waals surface area contributed by atoms with Crippen molar-refractivity contribution in [3.05, 3.63) is 34.4 Å². The zero-order chi connectivity index (χ0) is 11.8. The Labute approximate surface area is 95.8 Å². The van der Waals surface area contributed by atoms with Gasteiger partial charge in [-0.3, -0.25) is 4.79 Å². The topological polar surface area (TPSA) is 100 Å². The highest BCUT2D eigenvalue weighted by atomic mass is 16.1. The van der Waals surface area contributed by atoms with Gasteiger partial charge in [0.2, 0.25) is 0 Å². The van der Waals surface area contributed by atoms with Crippen molar-refractivity contribution in [2.75, 3.05) is 0 Å². The van der Waals surface area contributed by atoms with Crippen LogP contribution in [0.1, 0.15) is 30.4 Å². The van der Waals surface area contributed by atoms with Gasteiger partial charge in [0.1, 0.15) is 18.2 Å². The van der Waals surface area contributed by atoms with Gasteiger partial charge in [0, 0.05) is 12.0 Å². The third-order valence-corrected chi connectivity index (χ3v) is 2.54. The summed E-state index contributed by atoms with van der Waals surface area (Å²) < 4.78 is 1.33. The molecule has 0 bridgehead atoms. The Hall–Kier alpha value is -2.49. The molecule has 0 aliphatic heterocycles. The highest BCUT2D eigenvalue weighted by molar-refractivity contribution is 5.22. The normalized spacial score (nSPS) is 14.5. The SMILES string of the molecule is N#Cc1ncn(-c2cc(=O)[nH]c(C3CC3)n2)n1. The summed E-state index contributed by atoms with van der Waals surface area (Å²) in [5, 5.41) is 12.5. The molecule has 1 saturated carbocycles. The fourth-order valence-corrected chi connectivity index (χ4v) is 1.56. The predicted octanol–water partition coefficient (Wildman–Crippen LogP) is 0.0997. The number of rotatable bonds is 2. The molecular formula is C10H8N6O. The van der Waals surface area contributed by atoms with Crippen LogP contribution in [0.2, 0.25) is 0 Å². The van der Waals surface area contributed by atoms with Crippen LogP contribution < -0.4 is 5.56 Å². The quantitative estimate of drug-likeness (QED) is 0.785. The fraction of sp³-hybridized carbons (Fsp3) is 0.300. The van der Waals surface area contributed by atoms with Crippen LogP contribution >= 0.6 is 0 Å². The maximum atomic E-state index is 11.5. The number of aromatic amines is 1. The summed E-state index contributed by atoms with van der Waals surface area (Å²) in [5.74, 6) is 1.48. The van der Waals surface area contributed by atoms with E-state index in [2.05, 4.69) is 20.1 Å². The van der Waals surface area contributed by atoms with E-state index in [4.69, 9.17) is 5.26 Å². The molecule has 1 aliphatic rings. The predicted molar refractivity (Wildman–Crippen MR) is 56.5 cm³/mol. The lowest BCUT2D eigenvalue weighted by molar-refractivity contribution is 0.798. The van der Waals surface area contributed by atoms with E-state index in [1.165, 1.54) is 17.1 Å². The second-order valence-electron chi connectivity index (χ2n) is 3.89. The van der Waals surface area contributed by atoms with Crippen molar-refractivity contribution in [1.82, 2.24) is 24.7 Å². The van der Waals surface area contributed by atoms with E-state index in [0.717, 1.165) is 12.8 Å². The summed E-state index contributed by atoms with van der Waals surface area (Å²) in [4.78, 5) is 22.3. The monoisotopic (exact) mass is 228 g/mol. The molecule has 0 radical (unpaired) electrons. The number of nitriles is 1. The maximum Gasteiger partial charge on any atom is 0.253 e. The molecule has 2 heterocycles. The molecule has 2 aromatic heterocycles. The third-order valence-electron chi connectivity index (χ3n) is 2.54. The number of nitrogens with zero attached hydrogens (tertiary/aromatic N) is 5. The van der Waals surface area contributed by atoms with E-state index in [9.17, 15) is 4.79 Å². The van der Waals surface area contributed by atoms with Gasteiger partial charge in [-0.05, 0) is 12.8 Å². The van der Waals surface area contributed by atoms with Crippen molar-refractivity contribution < 1.29 is 0 Å². The molecule has 1 aliphatic carbocycles. The largest absolute Gasteiger partial charge is 0.310 e. The van der Waals surface area contributed by atoms with Crippen LogP contribution in [0.4, 0.5) is 0 Å². The Kier molecular flexibility index (Phi) is 2.01. The summed E-state index contributed by atoms with van der Waals surface area (Å²) in [6, 6.07) is 3.16. The molecule has 0 aromatic carbocycles. The zero-order valence-corrected chi connectivity index (χ0v) is 8.79. The second-order valence-corrected chi connectivity index (χ2v) is 3.89. The van der Waals surface area contributed by atoms with E-state index in [1.54, 1.807) is 0 Å². The van der Waals surface area contributed by atoms with Crippen LogP contribution in [0.15, 0.2) is 17.2 Å². The average molecular weight is 228 g/mol. The molecule has 0 amide bonds. The van der Waals surface area contributed by atoms with Gasteiger partial charge >= 0.3 is 0 Å². The second kappa shape index (κ2) is 3.52. The first kappa shape index (κ1) is 9.72. The Morgan fingerprint density at radius 3 is 3.00 bits per heavy atom. The van der Waals surface area contributed by atoms with Crippen molar-refractivity contribution in [1.29, 1.82) is 5.26 Å². The Bertz CT molecular complexity index is 660. The van der Waals surface area contributed by atoms with Crippen molar-refractivity contribution in [3.8, 4) is 11.9 Å². The summed E-state index contributed by atoms with van der Waals surface area (Å²) in [6.07, 6.45) is 3.47. The van der Waals surface area contributed by atoms with Crippen LogP contribution in [0.25, 0.3) is 5.82 Å². The minimum atomic E-state index is -0.217. The first-order valence-electron chi connectivity index (χ1n) is 5.19. The van der Waals surface area contributed by atoms with Gasteiger partial charge in [-0.1, -0.05) is 0 Å². The minimum absolute atomic E-state index is 0.0556. The smallest absolute Gasteiger partial charge is 0.253 e. The molecule has 0 spiro atoms. The van der Waals surface area contributed by atoms with Crippen LogP contribution in [0.5, 0.6) is 0 Å². The van der Waals surface area contributed by atoms with Gasteiger partial charge in [-0.15, -0.1) is 5.10 Å². The molecule has 2 aromatic rings. The lowest BCUT2D eigenvalue weighted by Crippen LogP contribution is -2.13. The van der Waals surface area contributed by atoms with Crippen molar-refractivity contribution >= 4 is 0 Å². The van der Waals surface area contributed by atoms with Crippen molar-refractivity contribution in [2.24, 2.45) is 0 Å². The molecule has 1 fully saturated rings. The Morgan fingerprint density at radius 1 is 1.53 bits per heavy atom. The Balaban J connectivity index is 2.07. The number of hydrogen-bond donors (Lipinski definition) is 1. The van der Waals surface area contributed by atoms with Crippen LogP contribution in [0, 0.1) is 11.3 Å². The molecule has 84 valence electrons. The van der Waals surface area contributed by atoms with Crippen LogP contribution in [0.3, 0.4) is 0 Å². The summed E-state index contributed by atoms with van der Waals surface area (Å²) >= 11 is 0. The van der Waals surface area contributed by atoms with E-state index in [0.29, 0.717) is 17.6 Å². The highest BCUT2D eigenvalue weighted by Crippen LogP contribution is 2.37. The van der Waals surface area contributed by atoms with Crippen molar-refractivity contribution in [2.45, 2.75) is 18.8 Å². The first-order valence-corrected chi connectivity index (χ1v) is 5.19. The number of hydrogen-bond acceptors (Lipinski definition) is 5. The fourth-order valence-electron chi connectivity index (χ4n) is 1.56. The molecule has 0 unspecified atom stereocenters. The molecule has 7 heteroatoms. The first-order chi connectivity index (χ1) is 8.26. The van der Waals surface area contributed by atoms with Crippen molar-refractivity contribution in [3.63, 3.8) is 0 Å². The highest BCUT2D eigenvalue weighted by Gasteiger charge is 2.26. The van der Waals surface area contributed by atoms with E-state index < -0.39 is 0 Å². The lowest BCUT2D eigenvalue weighted by Gasteiger charge is -2.01. The van der Waals surface area contributed by atoms with Crippen LogP contribution in [-0.2, 0) is 0 Å². The Morgan fingerprint density at radius 2 is 2.35 bits per heavy atom. The molecule has 1 N–H and O–H groups in total. The van der Waals surface area contributed by atoms with Gasteiger partial charge in [0.25, 0.3) is 11.4 Å². The molecule has 0 atom stereocenters. The standard InChI is InChI=1S/C10H8N6O/c11-4-7-12-5-16(15-7)8-3-9(17)14-10(13-8)6-1-2-6/h3,5-6H,1-2H2,(H,13,14,17). The number of aromatic nitrogens is 5. The van der Waals surface area contributed by atoms with Gasteiger partial charge in [0.05, 0.1) is 0 Å². The van der Waals surface area contributed by atoms with Gasteiger partial charge in [-0.2, -0.15) is 5.26 Å². The van der Waals surface area contributed by atoms with Gasteiger partial charge in [0.15, 0.2) is 5.82 Å². The van der Waals surface area contributed by atoms with Gasteiger partial charge < -0.3 is 4.98 Å². The molecule has 7 nitrogen and oxygen atoms in total. The van der Waals surface area contributed by atoms with Gasteiger partial charge in [-0.25, -0.2) is 14.6 Å². The summed E-state index contributed by atoms with van der Waals surface area (Å²) in [7, 11) is 0. The molecular weight excluding hydrogens is 220 g/mol. The number of nitrogens with one attached hydrogen (secondary N) is 1. The van der Waals surface area contributed by atoms with E-state index >= 15 is 0 Å². The third kappa shape index (κ3) is 1.80. The van der Waals surface area contributed by atoms with E-state index in [-0.39, 0.29) is 11.4 Å².